The molecule has 2 N–H and O–H groups in total. The first-order chi connectivity index (χ1) is 11.5. The summed E-state index contributed by atoms with van der Waals surface area (Å²) in [4.78, 5) is 12.6. The first-order valence-electron chi connectivity index (χ1n) is 8.73. The van der Waals surface area contributed by atoms with Gasteiger partial charge in [-0.2, -0.15) is 5.10 Å². The van der Waals surface area contributed by atoms with Crippen molar-refractivity contribution >= 4 is 11.7 Å². The maximum absolute atomic E-state index is 12.6. The van der Waals surface area contributed by atoms with E-state index in [1.165, 1.54) is 5.56 Å². The van der Waals surface area contributed by atoms with Gasteiger partial charge in [-0.05, 0) is 44.4 Å². The van der Waals surface area contributed by atoms with Gasteiger partial charge in [0.15, 0.2) is 0 Å². The Bertz CT molecular complexity index is 697. The van der Waals surface area contributed by atoms with Gasteiger partial charge in [0.1, 0.15) is 5.82 Å². The lowest BCUT2D eigenvalue weighted by Crippen LogP contribution is -2.37. The summed E-state index contributed by atoms with van der Waals surface area (Å²) in [5, 5.41) is 11.1. The van der Waals surface area contributed by atoms with Crippen molar-refractivity contribution in [2.75, 3.05) is 18.4 Å². The van der Waals surface area contributed by atoms with Crippen LogP contribution in [-0.2, 0) is 4.79 Å². The van der Waals surface area contributed by atoms with Crippen molar-refractivity contribution in [2.24, 2.45) is 5.92 Å². The summed E-state index contributed by atoms with van der Waals surface area (Å²) in [5.74, 6) is 1.16. The van der Waals surface area contributed by atoms with Crippen LogP contribution in [0.2, 0.25) is 0 Å². The molecule has 1 aliphatic rings. The lowest BCUT2D eigenvalue weighted by Gasteiger charge is -2.22. The molecule has 1 aliphatic heterocycles. The molecule has 1 fully saturated rings. The summed E-state index contributed by atoms with van der Waals surface area (Å²) in [5.41, 5.74) is 3.14. The van der Waals surface area contributed by atoms with E-state index in [2.05, 4.69) is 43.5 Å². The molecule has 1 atom stereocenters. The fourth-order valence-electron chi connectivity index (χ4n) is 2.96. The minimum atomic E-state index is 0.0302. The van der Waals surface area contributed by atoms with Gasteiger partial charge in [-0.25, -0.2) is 4.68 Å². The second kappa shape index (κ2) is 7.18. The van der Waals surface area contributed by atoms with Crippen LogP contribution in [0.25, 0.3) is 5.69 Å². The van der Waals surface area contributed by atoms with Gasteiger partial charge >= 0.3 is 0 Å². The molecule has 3 rings (SSSR count). The van der Waals surface area contributed by atoms with Gasteiger partial charge in [-0.1, -0.05) is 31.5 Å². The van der Waals surface area contributed by atoms with Crippen LogP contribution in [0.15, 0.2) is 30.3 Å². The molecule has 0 saturated carbocycles. The molecule has 0 aliphatic carbocycles. The number of hydrogen-bond donors (Lipinski definition) is 2. The molecule has 5 nitrogen and oxygen atoms in total. The van der Waals surface area contributed by atoms with Crippen LogP contribution in [0.4, 0.5) is 5.82 Å². The summed E-state index contributed by atoms with van der Waals surface area (Å²) in [6.45, 7) is 8.03. The number of piperidine rings is 1. The topological polar surface area (TPSA) is 59.0 Å². The average Bonchev–Trinajstić information content (AvgIpc) is 3.00. The number of rotatable bonds is 4. The monoisotopic (exact) mass is 326 g/mol. The molecule has 5 heteroatoms. The van der Waals surface area contributed by atoms with Crippen molar-refractivity contribution in [1.82, 2.24) is 15.1 Å². The highest BCUT2D eigenvalue weighted by Gasteiger charge is 2.23. The van der Waals surface area contributed by atoms with E-state index in [4.69, 9.17) is 5.10 Å². The summed E-state index contributed by atoms with van der Waals surface area (Å²) in [6.07, 6.45) is 1.99. The van der Waals surface area contributed by atoms with Crippen molar-refractivity contribution in [1.29, 1.82) is 0 Å². The molecule has 0 spiro atoms. The normalized spacial score (nSPS) is 17.9. The fourth-order valence-corrected chi connectivity index (χ4v) is 2.96. The second-order valence-electron chi connectivity index (χ2n) is 6.89. The Kier molecular flexibility index (Phi) is 5.00. The number of benzene rings is 1. The summed E-state index contributed by atoms with van der Waals surface area (Å²) >= 11 is 0. The minimum absolute atomic E-state index is 0.0302. The van der Waals surface area contributed by atoms with Crippen molar-refractivity contribution in [3.05, 3.63) is 41.6 Å². The second-order valence-corrected chi connectivity index (χ2v) is 6.89. The number of nitrogens with one attached hydrogen (secondary N) is 2. The van der Waals surface area contributed by atoms with E-state index in [-0.39, 0.29) is 11.8 Å². The Hall–Kier alpha value is -2.14. The third-order valence-corrected chi connectivity index (χ3v) is 4.52. The SMILES string of the molecule is Cc1ccc(-n2nc(C(C)C)cc2NC(=O)C2CCCNC2)cc1. The van der Waals surface area contributed by atoms with Crippen LogP contribution in [-0.4, -0.2) is 28.8 Å². The highest BCUT2D eigenvalue weighted by molar-refractivity contribution is 5.92. The van der Waals surface area contributed by atoms with Crippen molar-refractivity contribution in [3.63, 3.8) is 0 Å². The number of aromatic nitrogens is 2. The van der Waals surface area contributed by atoms with Crippen molar-refractivity contribution in [2.45, 2.75) is 39.5 Å². The van der Waals surface area contributed by atoms with E-state index in [1.54, 1.807) is 0 Å². The van der Waals surface area contributed by atoms with E-state index in [9.17, 15) is 4.79 Å². The molecule has 1 unspecified atom stereocenters. The van der Waals surface area contributed by atoms with Gasteiger partial charge in [0.2, 0.25) is 5.91 Å². The van der Waals surface area contributed by atoms with Gasteiger partial charge in [0.25, 0.3) is 0 Å². The zero-order valence-corrected chi connectivity index (χ0v) is 14.7. The quantitative estimate of drug-likeness (QED) is 0.907. The van der Waals surface area contributed by atoms with Crippen LogP contribution in [0, 0.1) is 12.8 Å². The Morgan fingerprint density at radius 2 is 2.08 bits per heavy atom. The van der Waals surface area contributed by atoms with E-state index >= 15 is 0 Å². The Balaban J connectivity index is 1.87. The van der Waals surface area contributed by atoms with E-state index in [0.29, 0.717) is 5.92 Å². The number of hydrogen-bond acceptors (Lipinski definition) is 3. The van der Waals surface area contributed by atoms with E-state index in [1.807, 2.05) is 22.9 Å². The smallest absolute Gasteiger partial charge is 0.229 e. The lowest BCUT2D eigenvalue weighted by molar-refractivity contribution is -0.120. The maximum atomic E-state index is 12.6. The first-order valence-corrected chi connectivity index (χ1v) is 8.73. The van der Waals surface area contributed by atoms with Gasteiger partial charge in [0, 0.05) is 12.6 Å². The highest BCUT2D eigenvalue weighted by atomic mass is 16.2. The third-order valence-electron chi connectivity index (χ3n) is 4.52. The molecule has 0 bridgehead atoms. The van der Waals surface area contributed by atoms with Crippen LogP contribution in [0.3, 0.4) is 0 Å². The summed E-state index contributed by atoms with van der Waals surface area (Å²) in [6, 6.07) is 10.2. The molecular formula is C19H26N4O. The predicted molar refractivity (Wildman–Crippen MR) is 96.6 cm³/mol. The lowest BCUT2D eigenvalue weighted by atomic mass is 9.99. The zero-order valence-electron chi connectivity index (χ0n) is 14.7. The number of aryl methyl sites for hydroxylation is 1. The molecule has 1 aromatic heterocycles. The van der Waals surface area contributed by atoms with Gasteiger partial charge in [0.05, 0.1) is 17.3 Å². The highest BCUT2D eigenvalue weighted by Crippen LogP contribution is 2.23. The molecule has 128 valence electrons. The number of nitrogens with zero attached hydrogens (tertiary/aromatic N) is 2. The average molecular weight is 326 g/mol. The first kappa shape index (κ1) is 16.7. The van der Waals surface area contributed by atoms with Gasteiger partial charge in [-0.3, -0.25) is 4.79 Å². The molecule has 1 amide bonds. The number of anilines is 1. The summed E-state index contributed by atoms with van der Waals surface area (Å²) in [7, 11) is 0. The largest absolute Gasteiger partial charge is 0.316 e. The molecule has 2 heterocycles. The summed E-state index contributed by atoms with van der Waals surface area (Å²) < 4.78 is 1.84. The fraction of sp³-hybridized carbons (Fsp3) is 0.474. The van der Waals surface area contributed by atoms with Crippen LogP contribution in [0.5, 0.6) is 0 Å². The van der Waals surface area contributed by atoms with Crippen LogP contribution < -0.4 is 10.6 Å². The minimum Gasteiger partial charge on any atom is -0.316 e. The van der Waals surface area contributed by atoms with Crippen molar-refractivity contribution < 1.29 is 4.79 Å². The number of amides is 1. The van der Waals surface area contributed by atoms with Gasteiger partial charge in [-0.15, -0.1) is 0 Å². The molecule has 24 heavy (non-hydrogen) atoms. The third kappa shape index (κ3) is 3.67. The van der Waals surface area contributed by atoms with Gasteiger partial charge < -0.3 is 10.6 Å². The number of carbonyl (C=O) groups excluding carboxylic acids is 1. The Morgan fingerprint density at radius 3 is 2.71 bits per heavy atom. The molecular weight excluding hydrogens is 300 g/mol. The van der Waals surface area contributed by atoms with E-state index in [0.717, 1.165) is 43.1 Å². The zero-order chi connectivity index (χ0) is 17.1. The van der Waals surface area contributed by atoms with Crippen molar-refractivity contribution in [3.8, 4) is 5.69 Å². The molecule has 0 radical (unpaired) electrons. The molecule has 2 aromatic rings. The van der Waals surface area contributed by atoms with Crippen LogP contribution >= 0.6 is 0 Å². The van der Waals surface area contributed by atoms with E-state index < -0.39 is 0 Å². The Morgan fingerprint density at radius 1 is 1.33 bits per heavy atom. The standard InChI is InChI=1S/C19H26N4O/c1-13(2)17-11-18(21-19(24)15-5-4-10-20-12-15)23(22-17)16-8-6-14(3)7-9-16/h6-9,11,13,15,20H,4-5,10,12H2,1-3H3,(H,21,24). The maximum Gasteiger partial charge on any atom is 0.229 e. The predicted octanol–water partition coefficient (Wildman–Crippen LogP) is 3.24. The molecule has 1 aromatic carbocycles. The van der Waals surface area contributed by atoms with Crippen LogP contribution in [0.1, 0.15) is 43.9 Å². The Labute approximate surface area is 143 Å². The molecule has 1 saturated heterocycles. The number of carbonyl (C=O) groups is 1.